The van der Waals surface area contributed by atoms with E-state index < -0.39 is 29.8 Å². The number of amides is 5. The summed E-state index contributed by atoms with van der Waals surface area (Å²) in [5.41, 5.74) is 8.32. The fraction of sp³-hybridized carbons (Fsp3) is 0.367. The predicted octanol–water partition coefficient (Wildman–Crippen LogP) is 9.30. The zero-order valence-corrected chi connectivity index (χ0v) is 66.4. The number of aromatic amines is 1. The second-order valence-electron chi connectivity index (χ2n) is 27.3. The molecule has 2 saturated carbocycles. The largest absolute Gasteiger partial charge is 0.535 e. The minimum atomic E-state index is -0.816. The lowest BCUT2D eigenvalue weighted by Gasteiger charge is -2.35. The molecule has 3 N–H and O–H groups in total. The molecule has 14 rings (SSSR count). The predicted molar refractivity (Wildman–Crippen MR) is 432 cm³/mol. The first kappa shape index (κ1) is 83.6. The molecule has 34 heteroatoms. The van der Waals surface area contributed by atoms with Gasteiger partial charge in [0.05, 0.1) is 33.3 Å². The van der Waals surface area contributed by atoms with Crippen LogP contribution < -0.4 is 21.7 Å². The molecule has 2 saturated heterocycles. The van der Waals surface area contributed by atoms with Gasteiger partial charge in [-0.15, -0.1) is 5.10 Å². The zero-order chi connectivity index (χ0) is 79.8. The van der Waals surface area contributed by atoms with Crippen LogP contribution in [0, 0.1) is 23.5 Å². The Morgan fingerprint density at radius 2 is 1.04 bits per heavy atom. The maximum Gasteiger partial charge on any atom is 0.535 e. The van der Waals surface area contributed by atoms with Crippen LogP contribution in [0.5, 0.6) is 0 Å². The third-order valence-electron chi connectivity index (χ3n) is 18.4. The highest BCUT2D eigenvalue weighted by atomic mass is 33.1. The summed E-state index contributed by atoms with van der Waals surface area (Å²) in [4.78, 5) is 129. The number of likely N-dealkylation sites (N-methyl/N-ethyl adjacent to an activating group) is 2. The molecule has 4 aliphatic rings. The van der Waals surface area contributed by atoms with Crippen molar-refractivity contribution in [3.8, 4) is 0 Å². The third kappa shape index (κ3) is 24.1. The van der Waals surface area contributed by atoms with Crippen LogP contribution in [-0.2, 0) is 38.6 Å². The number of fused-ring (bicyclic) bond motifs is 3. The Hall–Kier alpha value is -10.4. The van der Waals surface area contributed by atoms with E-state index >= 15 is 4.39 Å². The SMILES string of the molecule is CN(C)CCN.CN(C)CCN(Cn1nc(Cc2ccc(F)c(C(=O)N3CCN(C(=O)C4CC4)CC3)c2)c2ccccc2c1=O)C(=O)OCCSSc1ccccn1.O=C(OCCSSc1ccccn1)On1nnc2ccccc21.O=C(c1cc(Cc2n[nH]c(=O)c3ccccc23)ccc1F)N1CCN(C(=O)C2CC2)CC1. The summed E-state index contributed by atoms with van der Waals surface area (Å²) < 4.78 is 41.6. The average molecular weight is 1620 g/mol. The van der Waals surface area contributed by atoms with Crippen molar-refractivity contribution < 1.29 is 51.9 Å². The maximum absolute atomic E-state index is 15.1. The van der Waals surface area contributed by atoms with Crippen LogP contribution in [0.1, 0.15) is 68.9 Å². The number of para-hydroxylation sites is 1. The normalized spacial score (nSPS) is 14.0. The molecule has 7 heterocycles. The molecule has 5 aromatic carbocycles. The van der Waals surface area contributed by atoms with Gasteiger partial charge in [0.2, 0.25) is 11.8 Å². The van der Waals surface area contributed by atoms with E-state index in [0.29, 0.717) is 128 Å². The Morgan fingerprint density at radius 3 is 1.56 bits per heavy atom. The molecule has 0 atom stereocenters. The zero-order valence-electron chi connectivity index (χ0n) is 63.1. The molecule has 4 fully saturated rings. The third-order valence-corrected chi connectivity index (χ3v) is 22.8. The van der Waals surface area contributed by atoms with Gasteiger partial charge in [0.15, 0.2) is 0 Å². The molecule has 0 bridgehead atoms. The number of H-pyrrole nitrogens is 1. The molecule has 5 amide bonds. The molecule has 5 aromatic heterocycles. The van der Waals surface area contributed by atoms with Gasteiger partial charge in [-0.25, -0.2) is 38.1 Å². The van der Waals surface area contributed by atoms with Crippen LogP contribution in [0.3, 0.4) is 0 Å². The van der Waals surface area contributed by atoms with Gasteiger partial charge in [-0.05, 0) is 165 Å². The van der Waals surface area contributed by atoms with Crippen LogP contribution in [0.4, 0.5) is 18.4 Å². The number of aromatic nitrogens is 9. The van der Waals surface area contributed by atoms with Gasteiger partial charge in [0, 0.05) is 138 Å². The number of nitrogens with one attached hydrogen (secondary N) is 1. The molecule has 0 spiro atoms. The Bertz CT molecular complexity index is 5030. The van der Waals surface area contributed by atoms with Gasteiger partial charge in [-0.3, -0.25) is 38.5 Å². The van der Waals surface area contributed by atoms with Gasteiger partial charge in [-0.2, -0.15) is 10.2 Å². The second kappa shape index (κ2) is 41.4. The average Bonchev–Trinajstić information content (AvgIpc) is 1.77. The van der Waals surface area contributed by atoms with E-state index in [4.69, 9.17) is 25.1 Å². The van der Waals surface area contributed by atoms with Crippen molar-refractivity contribution in [2.24, 2.45) is 17.6 Å². The number of rotatable bonds is 26. The van der Waals surface area contributed by atoms with Crippen molar-refractivity contribution in [1.29, 1.82) is 0 Å². The van der Waals surface area contributed by atoms with E-state index in [9.17, 15) is 42.7 Å². The van der Waals surface area contributed by atoms with Crippen molar-refractivity contribution in [3.05, 3.63) is 224 Å². The molecule has 28 nitrogen and oxygen atoms in total. The van der Waals surface area contributed by atoms with Crippen LogP contribution in [0.2, 0.25) is 0 Å². The quantitative estimate of drug-likeness (QED) is 0.0221. The fourth-order valence-electron chi connectivity index (χ4n) is 12.1. The highest BCUT2D eigenvalue weighted by Crippen LogP contribution is 2.34. The Balaban J connectivity index is 0.000000175. The number of nitrogens with zero attached hydrogens (tertiary/aromatic N) is 15. The molecule has 0 unspecified atom stereocenters. The number of hydrogen-bond acceptors (Lipinski definition) is 24. The molecular formula is C79H89F2N17O11S4. The molecule has 113 heavy (non-hydrogen) atoms. The summed E-state index contributed by atoms with van der Waals surface area (Å²) in [6, 6.07) is 41.7. The van der Waals surface area contributed by atoms with Crippen molar-refractivity contribution >= 4 is 112 Å². The van der Waals surface area contributed by atoms with Crippen molar-refractivity contribution in [2.45, 2.75) is 55.2 Å². The number of carbonyl (C=O) groups is 6. The minimum absolute atomic E-state index is 0.0122. The molecule has 2 aliphatic carbocycles. The van der Waals surface area contributed by atoms with Gasteiger partial charge < -0.3 is 44.6 Å². The van der Waals surface area contributed by atoms with E-state index in [2.05, 4.69) is 35.4 Å². The number of ether oxygens (including phenoxy) is 2. The van der Waals surface area contributed by atoms with E-state index in [-0.39, 0.29) is 78.1 Å². The first-order valence-electron chi connectivity index (χ1n) is 36.9. The lowest BCUT2D eigenvalue weighted by Crippen LogP contribution is -2.51. The van der Waals surface area contributed by atoms with Gasteiger partial charge >= 0.3 is 12.2 Å². The Kier molecular flexibility index (Phi) is 30.6. The van der Waals surface area contributed by atoms with Crippen LogP contribution in [0.15, 0.2) is 178 Å². The highest BCUT2D eigenvalue weighted by molar-refractivity contribution is 8.77. The number of carbonyl (C=O) groups excluding carboxylic acids is 6. The van der Waals surface area contributed by atoms with Crippen LogP contribution >= 0.6 is 43.2 Å². The molecule has 0 radical (unpaired) electrons. The number of halogens is 2. The molecule has 10 aromatic rings. The smallest absolute Gasteiger partial charge is 0.448 e. The van der Waals surface area contributed by atoms with E-state index in [1.165, 1.54) is 60.2 Å². The summed E-state index contributed by atoms with van der Waals surface area (Å²) in [5, 5.41) is 23.1. The number of pyridine rings is 2. The topological polar surface area (TPSA) is 316 Å². The maximum atomic E-state index is 15.1. The van der Waals surface area contributed by atoms with Crippen LogP contribution in [-0.4, -0.2) is 247 Å². The summed E-state index contributed by atoms with van der Waals surface area (Å²) in [6.07, 6.45) is 6.39. The van der Waals surface area contributed by atoms with Gasteiger partial charge in [0.25, 0.3) is 22.9 Å². The van der Waals surface area contributed by atoms with Gasteiger partial charge in [0.1, 0.15) is 52.6 Å². The molecule has 2 aliphatic heterocycles. The first-order chi connectivity index (χ1) is 54.8. The lowest BCUT2D eigenvalue weighted by molar-refractivity contribution is -0.134. The van der Waals surface area contributed by atoms with Crippen LogP contribution in [0.25, 0.3) is 32.6 Å². The lowest BCUT2D eigenvalue weighted by atomic mass is 10.0. The van der Waals surface area contributed by atoms with E-state index in [1.54, 1.807) is 103 Å². The number of benzene rings is 5. The van der Waals surface area contributed by atoms with Crippen molar-refractivity contribution in [2.75, 3.05) is 131 Å². The summed E-state index contributed by atoms with van der Waals surface area (Å²) >= 11 is 0. The highest BCUT2D eigenvalue weighted by Gasteiger charge is 2.37. The van der Waals surface area contributed by atoms with E-state index in [0.717, 1.165) is 64.6 Å². The first-order valence-corrected chi connectivity index (χ1v) is 41.6. The standard InChI is InChI=1S/C37H42FN7O5S2.C24H23FN4O3.C14H12N4O3S2.C4H12N2/c1-41(2)15-16-44(37(49)50-21-22-51-52-33-9-5-6-14-39-33)25-45-36(48)29-8-4-3-7-28(29)32(40-45)24-26-10-13-31(38)30(23-26)35(47)43-19-17-42(18-20-43)34(46)27-11-12-27;25-20-8-5-15(14-21-17-3-1-2-4-18(17)22(30)27-26-21)13-19(20)24(32)29-11-9-28(10-12-29)23(31)16-6-7-16;19-14(20-9-10-22-23-13-7-3-4-8-15-13)21-18-12-6-2-1-5-11(12)16-17-18;1-6(2)4-3-5/h3-10,13-14,23,27H,11-12,15-22,24-25H2,1-2H3;1-5,8,13,16H,6-7,9-12,14H2,(H,27,30);1-8H,9-10H2;3-5H2,1-2H3. The second-order valence-corrected chi connectivity index (χ2v) is 32.2. The number of nitrogens with two attached hydrogens (primary N) is 1. The number of hydrogen-bond donors (Lipinski definition) is 2. The van der Waals surface area contributed by atoms with Gasteiger partial charge in [-0.1, -0.05) is 99.2 Å². The Labute approximate surface area is 667 Å². The Morgan fingerprint density at radius 1 is 0.558 bits per heavy atom. The summed E-state index contributed by atoms with van der Waals surface area (Å²) in [7, 11) is 13.9. The number of piperazine rings is 2. The summed E-state index contributed by atoms with van der Waals surface area (Å²) in [5.74, 6) is -0.250. The minimum Gasteiger partial charge on any atom is -0.448 e. The monoisotopic (exact) mass is 1620 g/mol. The molecular weight excluding hydrogens is 1530 g/mol. The van der Waals surface area contributed by atoms with E-state index in [1.807, 2.05) is 99.8 Å². The fourth-order valence-corrected chi connectivity index (χ4v) is 15.5. The molecule has 594 valence electrons. The van der Waals surface area contributed by atoms with Crippen molar-refractivity contribution in [1.82, 2.24) is 79.4 Å². The van der Waals surface area contributed by atoms with Crippen molar-refractivity contribution in [3.63, 3.8) is 0 Å². The summed E-state index contributed by atoms with van der Waals surface area (Å²) in [6.45, 7) is 6.15.